The number of aryl methyl sites for hydroxylation is 2. The second-order valence-corrected chi connectivity index (χ2v) is 14.4. The van der Waals surface area contributed by atoms with Crippen LogP contribution in [-0.2, 0) is 0 Å². The predicted molar refractivity (Wildman–Crippen MR) is 233 cm³/mol. The van der Waals surface area contributed by atoms with Crippen molar-refractivity contribution in [2.24, 2.45) is 0 Å². The lowest BCUT2D eigenvalue weighted by molar-refractivity contribution is 0.152. The average Bonchev–Trinajstić information content (AvgIpc) is 3.24. The van der Waals surface area contributed by atoms with Gasteiger partial charge in [0.05, 0.1) is 0 Å². The van der Waals surface area contributed by atoms with E-state index in [2.05, 4.69) is 38.1 Å². The molecule has 0 fully saturated rings. The van der Waals surface area contributed by atoms with Crippen LogP contribution >= 0.6 is 0 Å². The van der Waals surface area contributed by atoms with Crippen LogP contribution in [0.5, 0.6) is 23.0 Å². The van der Waals surface area contributed by atoms with Gasteiger partial charge in [-0.05, 0) is 103 Å². The molecular weight excluding hydrogens is 721 g/mol. The van der Waals surface area contributed by atoms with Crippen LogP contribution in [0.25, 0.3) is 75.8 Å². The van der Waals surface area contributed by atoms with Crippen molar-refractivity contribution in [3.05, 3.63) is 181 Å². The molecule has 0 aliphatic heterocycles. The number of rotatable bonds is 5. The number of benzene rings is 10. The molecule has 10 aromatic carbocycles. The Labute approximate surface area is 333 Å². The molecule has 0 saturated heterocycles. The van der Waals surface area contributed by atoms with E-state index in [1.165, 1.54) is 0 Å². The molecule has 0 saturated carbocycles. The van der Waals surface area contributed by atoms with Gasteiger partial charge in [0.1, 0.15) is 23.0 Å². The van der Waals surface area contributed by atoms with Gasteiger partial charge in [0.2, 0.25) is 0 Å². The topological polar surface area (TPSA) is 71.1 Å². The molecule has 278 valence electrons. The van der Waals surface area contributed by atoms with Crippen molar-refractivity contribution >= 4 is 76.9 Å². The largest absolute Gasteiger partial charge is 0.519 e. The third-order valence-electron chi connectivity index (χ3n) is 10.9. The summed E-state index contributed by atoms with van der Waals surface area (Å²) in [5, 5.41) is 10.6. The third-order valence-corrected chi connectivity index (χ3v) is 10.9. The first kappa shape index (κ1) is 34.8. The lowest BCUT2D eigenvalue weighted by Crippen LogP contribution is -2.14. The van der Waals surface area contributed by atoms with Crippen molar-refractivity contribution in [2.75, 3.05) is 0 Å². The lowest BCUT2D eigenvalue weighted by atomic mass is 9.83. The highest BCUT2D eigenvalue weighted by molar-refractivity contribution is 6.28. The quantitative estimate of drug-likeness (QED) is 0.0990. The van der Waals surface area contributed by atoms with Crippen LogP contribution in [0.3, 0.4) is 0 Å². The maximum Gasteiger partial charge on any atom is 0.519 e. The molecule has 0 unspecified atom stereocenters. The van der Waals surface area contributed by atoms with Gasteiger partial charge in [0.15, 0.2) is 0 Å². The van der Waals surface area contributed by atoms with Gasteiger partial charge in [0.25, 0.3) is 0 Å². The van der Waals surface area contributed by atoms with Crippen LogP contribution in [0, 0.1) is 13.8 Å². The molecule has 6 nitrogen and oxygen atoms in total. The Morgan fingerprint density at radius 3 is 1.14 bits per heavy atom. The number of carbonyl (C=O) groups excluding carboxylic acids is 2. The van der Waals surface area contributed by atoms with Crippen molar-refractivity contribution < 1.29 is 28.5 Å². The highest BCUT2D eigenvalue weighted by Crippen LogP contribution is 2.51. The monoisotopic (exact) mass is 754 g/mol. The minimum Gasteiger partial charge on any atom is -0.395 e. The first-order valence-electron chi connectivity index (χ1n) is 19.1. The molecule has 0 aliphatic rings. The number of hydrogen-bond donors (Lipinski definition) is 0. The highest BCUT2D eigenvalue weighted by atomic mass is 16.7. The molecule has 0 heterocycles. The molecule has 6 heteroatoms. The molecule has 0 aliphatic carbocycles. The van der Waals surface area contributed by atoms with Crippen LogP contribution in [0.4, 0.5) is 9.59 Å². The summed E-state index contributed by atoms with van der Waals surface area (Å²) in [4.78, 5) is 27.3. The summed E-state index contributed by atoms with van der Waals surface area (Å²) in [7, 11) is 0. The van der Waals surface area contributed by atoms with Gasteiger partial charge in [-0.25, -0.2) is 9.59 Å². The van der Waals surface area contributed by atoms with Crippen LogP contribution in [0.1, 0.15) is 11.1 Å². The molecular formula is C52H34O6. The van der Waals surface area contributed by atoms with Crippen LogP contribution in [0.15, 0.2) is 170 Å². The summed E-state index contributed by atoms with van der Waals surface area (Å²) in [5.74, 6) is 1.60. The van der Waals surface area contributed by atoms with Gasteiger partial charge in [-0.15, -0.1) is 0 Å². The fourth-order valence-corrected chi connectivity index (χ4v) is 8.34. The predicted octanol–water partition coefficient (Wildman–Crippen LogP) is 14.0. The Balaban J connectivity index is 1.14. The van der Waals surface area contributed by atoms with Gasteiger partial charge in [-0.2, -0.15) is 0 Å². The van der Waals surface area contributed by atoms with Gasteiger partial charge >= 0.3 is 12.3 Å². The van der Waals surface area contributed by atoms with Gasteiger partial charge < -0.3 is 18.9 Å². The molecule has 0 spiro atoms. The van der Waals surface area contributed by atoms with Crippen molar-refractivity contribution in [3.63, 3.8) is 0 Å². The molecule has 0 radical (unpaired) electrons. The molecule has 10 rings (SSSR count). The Morgan fingerprint density at radius 2 is 0.707 bits per heavy atom. The fraction of sp³-hybridized carbons (Fsp3) is 0.0385. The van der Waals surface area contributed by atoms with Crippen molar-refractivity contribution in [1.82, 2.24) is 0 Å². The summed E-state index contributed by atoms with van der Waals surface area (Å²) in [6.45, 7) is 4.13. The summed E-state index contributed by atoms with van der Waals surface area (Å²) in [5.41, 5.74) is 3.94. The molecule has 0 N–H and O–H groups in total. The Kier molecular flexibility index (Phi) is 8.45. The molecule has 10 aromatic rings. The molecule has 0 aromatic heterocycles. The molecule has 0 atom stereocenters. The van der Waals surface area contributed by atoms with Gasteiger partial charge in [0, 0.05) is 21.5 Å². The maximum atomic E-state index is 13.6. The zero-order valence-electron chi connectivity index (χ0n) is 31.6. The Hall–Kier alpha value is -7.70. The number of ether oxygens (including phenoxy) is 4. The van der Waals surface area contributed by atoms with E-state index in [4.69, 9.17) is 18.9 Å². The lowest BCUT2D eigenvalue weighted by Gasteiger charge is -2.22. The van der Waals surface area contributed by atoms with Crippen molar-refractivity contribution in [1.29, 1.82) is 0 Å². The van der Waals surface area contributed by atoms with E-state index < -0.39 is 12.3 Å². The number of fused-ring (bicyclic) bond motifs is 6. The minimum atomic E-state index is -0.834. The first-order valence-corrected chi connectivity index (χ1v) is 19.1. The van der Waals surface area contributed by atoms with Crippen LogP contribution in [-0.4, -0.2) is 12.3 Å². The van der Waals surface area contributed by atoms with Crippen LogP contribution in [0.2, 0.25) is 0 Å². The molecule has 0 bridgehead atoms. The number of hydrogen-bond acceptors (Lipinski definition) is 6. The fourth-order valence-electron chi connectivity index (χ4n) is 8.34. The standard InChI is InChI=1S/C52H34O6/c1-31-13-11-23-43-45(31)47(39-19-7-9-21-41(39)49(43)57-51(53)55-37-27-25-33-15-3-5-17-35(33)29-37)48-40-20-8-10-22-42(40)50(44-24-12-14-32(2)46(44)48)58-52(54)56-38-28-26-34-16-4-6-18-36(34)30-38/h3-30H,1-2H3. The third kappa shape index (κ3) is 5.99. The maximum absolute atomic E-state index is 13.6. The van der Waals surface area contributed by atoms with Crippen molar-refractivity contribution in [3.8, 4) is 34.1 Å². The van der Waals surface area contributed by atoms with E-state index >= 15 is 0 Å². The normalized spacial score (nSPS) is 11.4. The zero-order valence-corrected chi connectivity index (χ0v) is 31.6. The summed E-state index contributed by atoms with van der Waals surface area (Å²) >= 11 is 0. The summed E-state index contributed by atoms with van der Waals surface area (Å²) in [6.07, 6.45) is -1.67. The van der Waals surface area contributed by atoms with E-state index in [9.17, 15) is 9.59 Å². The molecule has 58 heavy (non-hydrogen) atoms. The highest BCUT2D eigenvalue weighted by Gasteiger charge is 2.26. The second-order valence-electron chi connectivity index (χ2n) is 14.4. The van der Waals surface area contributed by atoms with E-state index in [1.807, 2.05) is 133 Å². The zero-order chi connectivity index (χ0) is 39.3. The summed E-state index contributed by atoms with van der Waals surface area (Å²) < 4.78 is 24.0. The minimum absolute atomic E-state index is 0.391. The Bertz CT molecular complexity index is 3090. The van der Waals surface area contributed by atoms with Gasteiger partial charge in [-0.1, -0.05) is 146 Å². The summed E-state index contributed by atoms with van der Waals surface area (Å²) in [6, 6.07) is 54.8. The Morgan fingerprint density at radius 1 is 0.345 bits per heavy atom. The number of carbonyl (C=O) groups is 2. The smallest absolute Gasteiger partial charge is 0.395 e. The van der Waals surface area contributed by atoms with E-state index in [0.717, 1.165) is 86.9 Å². The van der Waals surface area contributed by atoms with Crippen molar-refractivity contribution in [2.45, 2.75) is 13.8 Å². The van der Waals surface area contributed by atoms with Crippen LogP contribution < -0.4 is 18.9 Å². The SMILES string of the molecule is Cc1cccc2c(OC(=O)Oc3ccc4ccccc4c3)c3ccccc3c(-c3c4ccccc4c(OC(=O)Oc4ccc5ccccc5c4)c4cccc(C)c34)c12. The van der Waals surface area contributed by atoms with E-state index in [-0.39, 0.29) is 0 Å². The van der Waals surface area contributed by atoms with E-state index in [1.54, 1.807) is 12.1 Å². The van der Waals surface area contributed by atoms with Gasteiger partial charge in [-0.3, -0.25) is 0 Å². The second kappa shape index (κ2) is 14.1. The molecule has 0 amide bonds. The average molecular weight is 755 g/mol. The first-order chi connectivity index (χ1) is 28.4. The van der Waals surface area contributed by atoms with E-state index in [0.29, 0.717) is 23.0 Å².